The third-order valence-electron chi connectivity index (χ3n) is 1.62. The summed E-state index contributed by atoms with van der Waals surface area (Å²) in [6.45, 7) is 7.03. The van der Waals surface area contributed by atoms with E-state index in [0.717, 1.165) is 6.61 Å². The van der Waals surface area contributed by atoms with E-state index in [0.29, 0.717) is 0 Å². The van der Waals surface area contributed by atoms with Crippen molar-refractivity contribution in [2.75, 3.05) is 27.9 Å². The SMILES string of the molecule is CCC.CCOC.COC.c1ccccc1.c1ccccc1. The molecule has 0 N–H and O–H groups in total. The minimum atomic E-state index is 0.819. The average Bonchev–Trinajstić information content (AvgIpc) is 2.60. The topological polar surface area (TPSA) is 18.5 Å². The van der Waals surface area contributed by atoms with Crippen LogP contribution in [0.5, 0.6) is 0 Å². The predicted molar refractivity (Wildman–Crippen MR) is 99.3 cm³/mol. The fourth-order valence-electron chi connectivity index (χ4n) is 0.770. The summed E-state index contributed by atoms with van der Waals surface area (Å²) >= 11 is 0. The minimum Gasteiger partial charge on any atom is -0.388 e. The van der Waals surface area contributed by atoms with E-state index in [4.69, 9.17) is 0 Å². The second-order valence-electron chi connectivity index (χ2n) is 4.00. The lowest BCUT2D eigenvalue weighted by Gasteiger charge is -1.76. The van der Waals surface area contributed by atoms with Gasteiger partial charge < -0.3 is 9.47 Å². The Morgan fingerprint density at radius 2 is 0.591 bits per heavy atom. The Balaban J connectivity index is -0.000000214. The van der Waals surface area contributed by atoms with Gasteiger partial charge in [-0.15, -0.1) is 0 Å². The smallest absolute Gasteiger partial charge is 0.0433 e. The normalized spacial score (nSPS) is 7.36. The van der Waals surface area contributed by atoms with Crippen molar-refractivity contribution >= 4 is 0 Å². The fourth-order valence-corrected chi connectivity index (χ4v) is 0.770. The van der Waals surface area contributed by atoms with Crippen molar-refractivity contribution in [1.29, 1.82) is 0 Å². The van der Waals surface area contributed by atoms with Crippen molar-refractivity contribution in [1.82, 2.24) is 0 Å². The summed E-state index contributed by atoms with van der Waals surface area (Å²) in [6, 6.07) is 24.0. The predicted octanol–water partition coefficient (Wildman–Crippen LogP) is 5.70. The van der Waals surface area contributed by atoms with Gasteiger partial charge in [-0.1, -0.05) is 93.1 Å². The molecule has 0 radical (unpaired) electrons. The number of hydrogen-bond acceptors (Lipinski definition) is 2. The molecule has 2 aromatic rings. The summed E-state index contributed by atoms with van der Waals surface area (Å²) in [7, 11) is 4.93. The zero-order chi connectivity index (χ0) is 17.3. The Morgan fingerprint density at radius 3 is 0.636 bits per heavy atom. The molecule has 0 amide bonds. The maximum Gasteiger partial charge on any atom is 0.0433 e. The molecule has 2 aromatic carbocycles. The van der Waals surface area contributed by atoms with Gasteiger partial charge in [-0.25, -0.2) is 0 Å². The molecule has 0 fully saturated rings. The molecule has 2 heteroatoms. The van der Waals surface area contributed by atoms with Crippen LogP contribution in [0.1, 0.15) is 27.2 Å². The van der Waals surface area contributed by atoms with Crippen LogP contribution in [-0.2, 0) is 9.47 Å². The lowest BCUT2D eigenvalue weighted by atomic mass is 10.4. The van der Waals surface area contributed by atoms with Gasteiger partial charge in [-0.2, -0.15) is 0 Å². The molecule has 22 heavy (non-hydrogen) atoms. The zero-order valence-electron chi connectivity index (χ0n) is 15.2. The Hall–Kier alpha value is -1.64. The summed E-state index contributed by atoms with van der Waals surface area (Å²) < 4.78 is 8.79. The molecule has 2 rings (SSSR count). The monoisotopic (exact) mass is 306 g/mol. The Bertz CT molecular complexity index is 233. The molecule has 2 nitrogen and oxygen atoms in total. The van der Waals surface area contributed by atoms with Crippen LogP contribution in [0, 0.1) is 0 Å². The van der Waals surface area contributed by atoms with E-state index in [-0.39, 0.29) is 0 Å². The van der Waals surface area contributed by atoms with Gasteiger partial charge in [0.05, 0.1) is 0 Å². The molecule has 0 aliphatic rings. The van der Waals surface area contributed by atoms with Gasteiger partial charge >= 0.3 is 0 Å². The van der Waals surface area contributed by atoms with Crippen LogP contribution in [0.2, 0.25) is 0 Å². The molecule has 0 heterocycles. The van der Waals surface area contributed by atoms with Gasteiger partial charge in [0.2, 0.25) is 0 Å². The molecular formula is C20H34O2. The molecule has 0 aromatic heterocycles. The van der Waals surface area contributed by atoms with Crippen LogP contribution in [-0.4, -0.2) is 27.9 Å². The molecule has 126 valence electrons. The summed E-state index contributed by atoms with van der Waals surface area (Å²) in [5.41, 5.74) is 0. The minimum absolute atomic E-state index is 0.819. The summed E-state index contributed by atoms with van der Waals surface area (Å²) in [5.74, 6) is 0. The lowest BCUT2D eigenvalue weighted by molar-refractivity contribution is 0.215. The first-order chi connectivity index (χ1) is 10.7. The lowest BCUT2D eigenvalue weighted by Crippen LogP contribution is -1.73. The van der Waals surface area contributed by atoms with Crippen LogP contribution in [0.4, 0.5) is 0 Å². The third-order valence-corrected chi connectivity index (χ3v) is 1.62. The van der Waals surface area contributed by atoms with Crippen LogP contribution in [0.15, 0.2) is 72.8 Å². The van der Waals surface area contributed by atoms with E-state index in [2.05, 4.69) is 23.3 Å². The van der Waals surface area contributed by atoms with Crippen molar-refractivity contribution in [2.24, 2.45) is 0 Å². The first-order valence-electron chi connectivity index (χ1n) is 7.63. The van der Waals surface area contributed by atoms with Gasteiger partial charge in [0.1, 0.15) is 0 Å². The van der Waals surface area contributed by atoms with E-state index in [9.17, 15) is 0 Å². The Labute approximate surface area is 138 Å². The van der Waals surface area contributed by atoms with Crippen molar-refractivity contribution in [3.05, 3.63) is 72.8 Å². The second-order valence-corrected chi connectivity index (χ2v) is 4.00. The van der Waals surface area contributed by atoms with Crippen molar-refractivity contribution in [3.8, 4) is 0 Å². The molecule has 0 saturated carbocycles. The number of rotatable bonds is 1. The molecule has 0 unspecified atom stereocenters. The van der Waals surface area contributed by atoms with E-state index < -0.39 is 0 Å². The van der Waals surface area contributed by atoms with Gasteiger partial charge in [0.25, 0.3) is 0 Å². The third kappa shape index (κ3) is 42.9. The van der Waals surface area contributed by atoms with Crippen LogP contribution < -0.4 is 0 Å². The van der Waals surface area contributed by atoms with Gasteiger partial charge in [-0.3, -0.25) is 0 Å². The molecule has 0 spiro atoms. The highest BCUT2D eigenvalue weighted by Gasteiger charge is 1.58. The largest absolute Gasteiger partial charge is 0.388 e. The second kappa shape index (κ2) is 31.6. The molecule has 0 saturated heterocycles. The van der Waals surface area contributed by atoms with Gasteiger partial charge in [0.15, 0.2) is 0 Å². The maximum atomic E-state index is 4.54. The van der Waals surface area contributed by atoms with Crippen molar-refractivity contribution in [2.45, 2.75) is 27.2 Å². The Morgan fingerprint density at radius 1 is 0.500 bits per heavy atom. The first kappa shape index (κ1) is 25.3. The number of methoxy groups -OCH3 is 2. The van der Waals surface area contributed by atoms with Crippen LogP contribution in [0.3, 0.4) is 0 Å². The van der Waals surface area contributed by atoms with Crippen molar-refractivity contribution in [3.63, 3.8) is 0 Å². The first-order valence-corrected chi connectivity index (χ1v) is 7.63. The summed E-state index contributed by atoms with van der Waals surface area (Å²) in [6.07, 6.45) is 1.25. The van der Waals surface area contributed by atoms with Crippen LogP contribution in [0.25, 0.3) is 0 Å². The summed E-state index contributed by atoms with van der Waals surface area (Å²) in [4.78, 5) is 0. The van der Waals surface area contributed by atoms with E-state index in [1.54, 1.807) is 21.3 Å². The van der Waals surface area contributed by atoms with Crippen LogP contribution >= 0.6 is 0 Å². The van der Waals surface area contributed by atoms with Gasteiger partial charge in [-0.05, 0) is 6.92 Å². The van der Waals surface area contributed by atoms with E-state index >= 15 is 0 Å². The molecular weight excluding hydrogens is 272 g/mol. The molecule has 0 aliphatic heterocycles. The number of ether oxygens (including phenoxy) is 2. The molecule has 0 bridgehead atoms. The molecule has 0 aliphatic carbocycles. The zero-order valence-corrected chi connectivity index (χ0v) is 15.2. The summed E-state index contributed by atoms with van der Waals surface area (Å²) in [5, 5.41) is 0. The fraction of sp³-hybridized carbons (Fsp3) is 0.400. The highest BCUT2D eigenvalue weighted by atomic mass is 16.5. The highest BCUT2D eigenvalue weighted by molar-refractivity contribution is 4.99. The maximum absolute atomic E-state index is 4.54. The van der Waals surface area contributed by atoms with E-state index in [1.165, 1.54) is 6.42 Å². The number of benzene rings is 2. The number of hydrogen-bond donors (Lipinski definition) is 0. The van der Waals surface area contributed by atoms with Gasteiger partial charge in [0, 0.05) is 27.9 Å². The highest BCUT2D eigenvalue weighted by Crippen LogP contribution is 1.80. The standard InChI is InChI=1S/2C6H6.C3H8O.C3H8.C2H6O/c2*1-2-4-6-5-3-1;1-3-4-2;2*1-3-2/h2*1-6H;3H2,1-2H3;3H2,1-2H3;1-2H3. The molecule has 0 atom stereocenters. The Kier molecular flexibility index (Phi) is 36.4. The quantitative estimate of drug-likeness (QED) is 0.672. The van der Waals surface area contributed by atoms with Crippen molar-refractivity contribution < 1.29 is 9.47 Å². The average molecular weight is 306 g/mol. The van der Waals surface area contributed by atoms with E-state index in [1.807, 2.05) is 79.7 Å².